The van der Waals surface area contributed by atoms with Crippen LogP contribution in [0.4, 0.5) is 0 Å². The van der Waals surface area contributed by atoms with Gasteiger partial charge in [-0.1, -0.05) is 27.2 Å². The molecule has 1 atom stereocenters. The van der Waals surface area contributed by atoms with Gasteiger partial charge in [-0.2, -0.15) is 0 Å². The van der Waals surface area contributed by atoms with Crippen LogP contribution in [0.2, 0.25) is 0 Å². The maximum atomic E-state index is 10.4. The fraction of sp³-hybridized carbons (Fsp3) is 0.765. The highest BCUT2D eigenvalue weighted by molar-refractivity contribution is 5.33. The molecule has 1 unspecified atom stereocenters. The zero-order chi connectivity index (χ0) is 13.8. The van der Waals surface area contributed by atoms with Crippen molar-refractivity contribution in [3.8, 4) is 0 Å². The van der Waals surface area contributed by atoms with Gasteiger partial charge >= 0.3 is 0 Å². The number of aliphatic hydroxyl groups is 1. The molecule has 0 bridgehead atoms. The quantitative estimate of drug-likeness (QED) is 0.855. The highest BCUT2D eigenvalue weighted by Crippen LogP contribution is 2.46. The van der Waals surface area contributed by atoms with Crippen LogP contribution in [0.15, 0.2) is 6.07 Å². The van der Waals surface area contributed by atoms with Crippen LogP contribution in [0.1, 0.15) is 69.5 Å². The van der Waals surface area contributed by atoms with Crippen molar-refractivity contribution >= 4 is 0 Å². The maximum absolute atomic E-state index is 10.4. The largest absolute Gasteiger partial charge is 0.388 e. The minimum absolute atomic E-state index is 0.218. The van der Waals surface area contributed by atoms with Gasteiger partial charge < -0.3 is 9.67 Å². The molecule has 1 fully saturated rings. The number of aryl methyl sites for hydroxylation is 1. The summed E-state index contributed by atoms with van der Waals surface area (Å²) in [5.41, 5.74) is 4.63. The lowest BCUT2D eigenvalue weighted by molar-refractivity contribution is 0.0929. The van der Waals surface area contributed by atoms with Gasteiger partial charge in [0, 0.05) is 23.5 Å². The highest BCUT2D eigenvalue weighted by Gasteiger charge is 2.37. The molecule has 0 radical (unpaired) electrons. The standard InChI is InChI=1S/C17H27NO/c1-12-8-13-14(9-16(2,3)10-15(13)19)18(12)11-17(4)6-5-7-17/h8,15,19H,5-7,9-11H2,1-4H3. The van der Waals surface area contributed by atoms with Gasteiger partial charge in [0.05, 0.1) is 6.10 Å². The Morgan fingerprint density at radius 1 is 1.32 bits per heavy atom. The zero-order valence-corrected chi connectivity index (χ0v) is 12.8. The number of nitrogens with zero attached hydrogens (tertiary/aromatic N) is 1. The summed E-state index contributed by atoms with van der Waals surface area (Å²) in [6.07, 6.45) is 5.81. The summed E-state index contributed by atoms with van der Waals surface area (Å²) in [5, 5.41) is 10.4. The van der Waals surface area contributed by atoms with E-state index in [9.17, 15) is 5.11 Å². The first-order valence-corrected chi connectivity index (χ1v) is 7.67. The van der Waals surface area contributed by atoms with Crippen molar-refractivity contribution in [2.75, 3.05) is 0 Å². The van der Waals surface area contributed by atoms with Gasteiger partial charge in [-0.25, -0.2) is 0 Å². The lowest BCUT2D eigenvalue weighted by Gasteiger charge is -2.41. The molecular formula is C17H27NO. The van der Waals surface area contributed by atoms with E-state index in [-0.39, 0.29) is 11.5 Å². The third-order valence-electron chi connectivity index (χ3n) is 5.30. The summed E-state index contributed by atoms with van der Waals surface area (Å²) in [5.74, 6) is 0. The van der Waals surface area contributed by atoms with Gasteiger partial charge in [0.15, 0.2) is 0 Å². The maximum Gasteiger partial charge on any atom is 0.0812 e. The van der Waals surface area contributed by atoms with Crippen LogP contribution in [-0.2, 0) is 13.0 Å². The SMILES string of the molecule is Cc1cc2c(n1CC1(C)CCC1)CC(C)(C)CC2O. The monoisotopic (exact) mass is 261 g/mol. The third kappa shape index (κ3) is 2.24. The van der Waals surface area contributed by atoms with E-state index >= 15 is 0 Å². The minimum atomic E-state index is -0.270. The third-order valence-corrected chi connectivity index (χ3v) is 5.30. The molecule has 19 heavy (non-hydrogen) atoms. The van der Waals surface area contributed by atoms with Gasteiger partial charge in [0.25, 0.3) is 0 Å². The predicted octanol–water partition coefficient (Wildman–Crippen LogP) is 3.99. The molecule has 0 amide bonds. The number of rotatable bonds is 2. The summed E-state index contributed by atoms with van der Waals surface area (Å²) < 4.78 is 2.50. The van der Waals surface area contributed by atoms with Gasteiger partial charge in [-0.05, 0) is 49.5 Å². The Hall–Kier alpha value is -0.760. The summed E-state index contributed by atoms with van der Waals surface area (Å²) in [6.45, 7) is 10.3. The molecule has 0 aliphatic heterocycles. The molecule has 0 saturated heterocycles. The molecule has 1 aromatic heterocycles. The van der Waals surface area contributed by atoms with Crippen LogP contribution in [-0.4, -0.2) is 9.67 Å². The first kappa shape index (κ1) is 13.2. The Bertz CT molecular complexity index is 494. The lowest BCUT2D eigenvalue weighted by atomic mass is 9.70. The Labute approximate surface area is 116 Å². The molecule has 0 spiro atoms. The first-order valence-electron chi connectivity index (χ1n) is 7.67. The minimum Gasteiger partial charge on any atom is -0.388 e. The zero-order valence-electron chi connectivity index (χ0n) is 12.8. The normalized spacial score (nSPS) is 27.7. The molecule has 106 valence electrons. The number of fused-ring (bicyclic) bond motifs is 1. The van der Waals surface area contributed by atoms with E-state index in [2.05, 4.69) is 38.3 Å². The average Bonchev–Trinajstić information content (AvgIpc) is 2.53. The van der Waals surface area contributed by atoms with Crippen molar-refractivity contribution in [2.45, 2.75) is 72.4 Å². The summed E-state index contributed by atoms with van der Waals surface area (Å²) in [6, 6.07) is 2.22. The Kier molecular flexibility index (Phi) is 2.87. The fourth-order valence-electron chi connectivity index (χ4n) is 3.94. The second-order valence-corrected chi connectivity index (χ2v) is 8.00. The van der Waals surface area contributed by atoms with Crippen LogP contribution in [0.3, 0.4) is 0 Å². The van der Waals surface area contributed by atoms with Crippen molar-refractivity contribution < 1.29 is 5.11 Å². The second-order valence-electron chi connectivity index (χ2n) is 8.00. The molecule has 2 nitrogen and oxygen atoms in total. The number of aromatic nitrogens is 1. The van der Waals surface area contributed by atoms with E-state index in [0.717, 1.165) is 19.4 Å². The molecule has 2 aliphatic carbocycles. The molecule has 1 heterocycles. The average molecular weight is 261 g/mol. The van der Waals surface area contributed by atoms with E-state index in [1.54, 1.807) is 0 Å². The van der Waals surface area contributed by atoms with Gasteiger partial charge in [0.2, 0.25) is 0 Å². The molecular weight excluding hydrogens is 234 g/mol. The first-order chi connectivity index (χ1) is 8.80. The summed E-state index contributed by atoms with van der Waals surface area (Å²) >= 11 is 0. The van der Waals surface area contributed by atoms with Crippen molar-refractivity contribution in [2.24, 2.45) is 10.8 Å². The van der Waals surface area contributed by atoms with Crippen LogP contribution in [0.5, 0.6) is 0 Å². The number of hydrogen-bond acceptors (Lipinski definition) is 1. The topological polar surface area (TPSA) is 25.2 Å². The predicted molar refractivity (Wildman–Crippen MR) is 78.2 cm³/mol. The molecule has 2 heteroatoms. The Morgan fingerprint density at radius 3 is 2.58 bits per heavy atom. The smallest absolute Gasteiger partial charge is 0.0812 e. The molecule has 3 rings (SSSR count). The van der Waals surface area contributed by atoms with Crippen LogP contribution in [0, 0.1) is 17.8 Å². The van der Waals surface area contributed by atoms with Gasteiger partial charge in [-0.3, -0.25) is 0 Å². The fourth-order valence-corrected chi connectivity index (χ4v) is 3.94. The highest BCUT2D eigenvalue weighted by atomic mass is 16.3. The van der Waals surface area contributed by atoms with Crippen molar-refractivity contribution in [1.29, 1.82) is 0 Å². The van der Waals surface area contributed by atoms with Crippen LogP contribution < -0.4 is 0 Å². The van der Waals surface area contributed by atoms with E-state index in [0.29, 0.717) is 5.41 Å². The van der Waals surface area contributed by atoms with Gasteiger partial charge in [0.1, 0.15) is 0 Å². The van der Waals surface area contributed by atoms with Crippen molar-refractivity contribution in [1.82, 2.24) is 4.57 Å². The number of aliphatic hydroxyl groups excluding tert-OH is 1. The Balaban J connectivity index is 1.97. The van der Waals surface area contributed by atoms with E-state index < -0.39 is 0 Å². The molecule has 1 N–H and O–H groups in total. The van der Waals surface area contributed by atoms with Crippen molar-refractivity contribution in [3.63, 3.8) is 0 Å². The van der Waals surface area contributed by atoms with Crippen LogP contribution in [0.25, 0.3) is 0 Å². The molecule has 2 aliphatic rings. The molecule has 1 saturated carbocycles. The molecule has 1 aromatic rings. The van der Waals surface area contributed by atoms with Crippen LogP contribution >= 0.6 is 0 Å². The van der Waals surface area contributed by atoms with E-state index in [1.807, 2.05) is 0 Å². The van der Waals surface area contributed by atoms with Gasteiger partial charge in [-0.15, -0.1) is 0 Å². The van der Waals surface area contributed by atoms with E-state index in [1.165, 1.54) is 36.2 Å². The lowest BCUT2D eigenvalue weighted by Crippen LogP contribution is -2.33. The number of hydrogen-bond donors (Lipinski definition) is 1. The summed E-state index contributed by atoms with van der Waals surface area (Å²) in [7, 11) is 0. The second kappa shape index (κ2) is 4.12. The van der Waals surface area contributed by atoms with E-state index in [4.69, 9.17) is 0 Å². The summed E-state index contributed by atoms with van der Waals surface area (Å²) in [4.78, 5) is 0. The molecule has 0 aromatic carbocycles. The van der Waals surface area contributed by atoms with Crippen molar-refractivity contribution in [3.05, 3.63) is 23.0 Å². The Morgan fingerprint density at radius 2 is 2.00 bits per heavy atom.